The minimum Gasteiger partial charge on any atom is -0.350 e. The molecule has 0 radical (unpaired) electrons. The maximum absolute atomic E-state index is 12.1. The second-order valence-corrected chi connectivity index (χ2v) is 7.44. The van der Waals surface area contributed by atoms with Gasteiger partial charge in [0.25, 0.3) is 10.9 Å². The van der Waals surface area contributed by atoms with E-state index < -0.39 is 10.9 Å². The van der Waals surface area contributed by atoms with Gasteiger partial charge in [0.15, 0.2) is 5.82 Å². The van der Waals surface area contributed by atoms with Crippen molar-refractivity contribution in [3.05, 3.63) is 71.9 Å². The van der Waals surface area contributed by atoms with Crippen LogP contribution in [0.3, 0.4) is 0 Å². The zero-order chi connectivity index (χ0) is 19.0. The second-order valence-electron chi connectivity index (χ2n) is 5.61. The van der Waals surface area contributed by atoms with Crippen LogP contribution in [-0.4, -0.2) is 20.6 Å². The number of aromatic amines is 1. The van der Waals surface area contributed by atoms with E-state index in [-0.39, 0.29) is 11.4 Å². The molecule has 0 saturated heterocycles. The summed E-state index contributed by atoms with van der Waals surface area (Å²) in [6.07, 6.45) is 0. The molecule has 0 unspecified atom stereocenters. The minimum atomic E-state index is -0.586. The van der Waals surface area contributed by atoms with Crippen LogP contribution in [0.2, 0.25) is 0 Å². The minimum absolute atomic E-state index is 0.191. The Hall–Kier alpha value is -2.85. The van der Waals surface area contributed by atoms with Crippen molar-refractivity contribution in [2.45, 2.75) is 0 Å². The van der Waals surface area contributed by atoms with Crippen molar-refractivity contribution in [2.75, 3.05) is 10.6 Å². The second kappa shape index (κ2) is 7.05. The summed E-state index contributed by atoms with van der Waals surface area (Å²) in [5, 5.41) is 19.8. The summed E-state index contributed by atoms with van der Waals surface area (Å²) in [6, 6.07) is 12.7. The van der Waals surface area contributed by atoms with Crippen molar-refractivity contribution in [1.82, 2.24) is 20.6 Å². The Labute approximate surface area is 169 Å². The van der Waals surface area contributed by atoms with Gasteiger partial charge in [0, 0.05) is 25.9 Å². The Morgan fingerprint density at radius 3 is 2.33 bits per heavy atom. The predicted octanol–water partition coefficient (Wildman–Crippen LogP) is 3.47. The first-order chi connectivity index (χ1) is 13.0. The molecule has 0 spiro atoms. The van der Waals surface area contributed by atoms with E-state index >= 15 is 0 Å². The van der Waals surface area contributed by atoms with Crippen molar-refractivity contribution in [3.8, 4) is 11.4 Å². The molecule has 0 fully saturated rings. The highest BCUT2D eigenvalue weighted by Crippen LogP contribution is 2.32. The molecule has 134 valence electrons. The molecule has 10 heteroatoms. The highest BCUT2D eigenvalue weighted by atomic mass is 79.9. The fraction of sp³-hybridized carbons (Fsp3) is 0. The third kappa shape index (κ3) is 3.40. The first-order valence-corrected chi connectivity index (χ1v) is 9.28. The zero-order valence-corrected chi connectivity index (χ0v) is 16.6. The normalized spacial score (nSPS) is 10.9. The molecule has 3 N–H and O–H groups in total. The first-order valence-electron chi connectivity index (χ1n) is 7.69. The van der Waals surface area contributed by atoms with Crippen molar-refractivity contribution >= 4 is 54.6 Å². The number of nitrogens with one attached hydrogen (secondary N) is 3. The molecule has 8 nitrogen and oxygen atoms in total. The number of aromatic nitrogens is 4. The SMILES string of the molecule is O=c1c(Nc2cccc(Br)c2)c(Nc2ccc(Br)cc2-c2nnn[nH]2)c1=O. The van der Waals surface area contributed by atoms with Crippen LogP contribution in [0, 0.1) is 0 Å². The van der Waals surface area contributed by atoms with E-state index in [0.717, 1.165) is 8.95 Å². The molecule has 0 bridgehead atoms. The van der Waals surface area contributed by atoms with Crippen LogP contribution in [0.4, 0.5) is 22.7 Å². The predicted molar refractivity (Wildman–Crippen MR) is 109 cm³/mol. The van der Waals surface area contributed by atoms with Crippen molar-refractivity contribution in [2.24, 2.45) is 0 Å². The summed E-state index contributed by atoms with van der Waals surface area (Å²) < 4.78 is 1.67. The number of H-pyrrole nitrogens is 1. The first kappa shape index (κ1) is 17.6. The number of benzene rings is 2. The fourth-order valence-electron chi connectivity index (χ4n) is 2.57. The van der Waals surface area contributed by atoms with Crippen molar-refractivity contribution in [3.63, 3.8) is 0 Å². The molecular formula is C17H10Br2N6O2. The summed E-state index contributed by atoms with van der Waals surface area (Å²) >= 11 is 6.78. The van der Waals surface area contributed by atoms with Gasteiger partial charge in [-0.25, -0.2) is 5.10 Å². The van der Waals surface area contributed by atoms with Crippen LogP contribution >= 0.6 is 31.9 Å². The van der Waals surface area contributed by atoms with E-state index in [1.807, 2.05) is 24.3 Å². The number of halogens is 2. The molecule has 4 aromatic rings. The fourth-order valence-corrected chi connectivity index (χ4v) is 3.33. The summed E-state index contributed by atoms with van der Waals surface area (Å²) in [7, 11) is 0. The molecule has 3 aromatic carbocycles. The van der Waals surface area contributed by atoms with Gasteiger partial charge in [-0.2, -0.15) is 0 Å². The molecule has 1 heterocycles. The van der Waals surface area contributed by atoms with Crippen LogP contribution < -0.4 is 21.5 Å². The molecule has 4 rings (SSSR count). The maximum atomic E-state index is 12.1. The third-order valence-electron chi connectivity index (χ3n) is 3.85. The highest BCUT2D eigenvalue weighted by Gasteiger charge is 2.22. The van der Waals surface area contributed by atoms with Crippen LogP contribution in [0.5, 0.6) is 0 Å². The molecule has 0 amide bonds. The quantitative estimate of drug-likeness (QED) is 0.368. The Balaban J connectivity index is 1.70. The van der Waals surface area contributed by atoms with Crippen LogP contribution in [0.25, 0.3) is 11.4 Å². The van der Waals surface area contributed by atoms with Crippen molar-refractivity contribution < 1.29 is 0 Å². The molecule has 0 aliphatic heterocycles. The summed E-state index contributed by atoms with van der Waals surface area (Å²) in [6.45, 7) is 0. The van der Waals surface area contributed by atoms with E-state index in [0.29, 0.717) is 22.8 Å². The largest absolute Gasteiger partial charge is 0.350 e. The van der Waals surface area contributed by atoms with Gasteiger partial charge >= 0.3 is 0 Å². The molecule has 0 aliphatic rings. The Morgan fingerprint density at radius 2 is 1.63 bits per heavy atom. The van der Waals surface area contributed by atoms with Crippen LogP contribution in [-0.2, 0) is 0 Å². The molecular weight excluding hydrogens is 480 g/mol. The van der Waals surface area contributed by atoms with Gasteiger partial charge in [0.05, 0.1) is 0 Å². The smallest absolute Gasteiger partial charge is 0.253 e. The molecule has 0 atom stereocenters. The summed E-state index contributed by atoms with van der Waals surface area (Å²) in [5.74, 6) is 0.430. The molecule has 27 heavy (non-hydrogen) atoms. The Morgan fingerprint density at radius 1 is 0.889 bits per heavy atom. The van der Waals surface area contributed by atoms with Crippen LogP contribution in [0.15, 0.2) is 61.0 Å². The number of nitrogens with zero attached hydrogens (tertiary/aromatic N) is 3. The average molecular weight is 490 g/mol. The van der Waals surface area contributed by atoms with E-state index in [1.54, 1.807) is 18.2 Å². The van der Waals surface area contributed by atoms with E-state index in [1.165, 1.54) is 0 Å². The lowest BCUT2D eigenvalue weighted by atomic mass is 10.1. The van der Waals surface area contributed by atoms with Crippen molar-refractivity contribution in [1.29, 1.82) is 0 Å². The molecule has 0 saturated carbocycles. The van der Waals surface area contributed by atoms with Gasteiger partial charge < -0.3 is 10.6 Å². The van der Waals surface area contributed by atoms with Gasteiger partial charge in [-0.3, -0.25) is 9.59 Å². The average Bonchev–Trinajstić information content (AvgIpc) is 3.20. The van der Waals surface area contributed by atoms with E-state index in [4.69, 9.17) is 0 Å². The Kier molecular flexibility index (Phi) is 4.58. The monoisotopic (exact) mass is 488 g/mol. The maximum Gasteiger partial charge on any atom is 0.253 e. The molecule has 1 aromatic heterocycles. The number of tetrazole rings is 1. The zero-order valence-electron chi connectivity index (χ0n) is 13.5. The van der Waals surface area contributed by atoms with Gasteiger partial charge in [-0.1, -0.05) is 37.9 Å². The van der Waals surface area contributed by atoms with Gasteiger partial charge in [-0.15, -0.1) is 5.10 Å². The standard InChI is InChI=1S/C17H10Br2N6O2/c18-8-2-1-3-10(6-8)20-13-14(16(27)15(13)26)21-12-5-4-9(19)7-11(12)17-22-24-25-23-17/h1-7,20-21H,(H,22,23,24,25). The van der Waals surface area contributed by atoms with Gasteiger partial charge in [0.2, 0.25) is 0 Å². The lowest BCUT2D eigenvalue weighted by Crippen LogP contribution is -2.35. The molecule has 0 aliphatic carbocycles. The third-order valence-corrected chi connectivity index (χ3v) is 4.83. The Bertz CT molecular complexity index is 1200. The van der Waals surface area contributed by atoms with Crippen LogP contribution in [0.1, 0.15) is 0 Å². The topological polar surface area (TPSA) is 113 Å². The van der Waals surface area contributed by atoms with E-state index in [2.05, 4.69) is 63.1 Å². The van der Waals surface area contributed by atoms with E-state index in [9.17, 15) is 9.59 Å². The number of hydrogen-bond donors (Lipinski definition) is 3. The highest BCUT2D eigenvalue weighted by molar-refractivity contribution is 9.10. The summed E-state index contributed by atoms with van der Waals surface area (Å²) in [4.78, 5) is 24.2. The lowest BCUT2D eigenvalue weighted by Gasteiger charge is -2.16. The number of hydrogen-bond acceptors (Lipinski definition) is 7. The van der Waals surface area contributed by atoms with Gasteiger partial charge in [0.1, 0.15) is 11.4 Å². The number of anilines is 4. The lowest BCUT2D eigenvalue weighted by molar-refractivity contribution is 0.881. The summed E-state index contributed by atoms with van der Waals surface area (Å²) in [5.41, 5.74) is 1.17. The number of rotatable bonds is 5. The van der Waals surface area contributed by atoms with Gasteiger partial charge in [-0.05, 0) is 46.8 Å².